The molecule has 0 saturated heterocycles. The van der Waals surface area contributed by atoms with E-state index in [1.54, 1.807) is 25.1 Å². The van der Waals surface area contributed by atoms with Crippen LogP contribution in [0.4, 0.5) is 0 Å². The van der Waals surface area contributed by atoms with E-state index in [1.807, 2.05) is 0 Å². The van der Waals surface area contributed by atoms with Gasteiger partial charge < -0.3 is 19.9 Å². The smallest absolute Gasteiger partial charge is 0.305 e. The number of nitrogens with one attached hydrogen (secondary N) is 1. The molecule has 1 aromatic rings. The number of aliphatic carboxylic acids is 1. The van der Waals surface area contributed by atoms with Crippen molar-refractivity contribution in [3.63, 3.8) is 0 Å². The molecule has 0 spiro atoms. The number of benzene rings is 1. The Morgan fingerprint density at radius 1 is 1.37 bits per heavy atom. The second-order valence-corrected chi connectivity index (χ2v) is 4.18. The van der Waals surface area contributed by atoms with Crippen molar-refractivity contribution in [2.75, 3.05) is 6.79 Å². The van der Waals surface area contributed by atoms with Crippen LogP contribution in [0.5, 0.6) is 11.5 Å². The van der Waals surface area contributed by atoms with Gasteiger partial charge >= 0.3 is 5.97 Å². The summed E-state index contributed by atoms with van der Waals surface area (Å²) in [4.78, 5) is 22.3. The molecule has 0 bridgehead atoms. The van der Waals surface area contributed by atoms with Crippen LogP contribution >= 0.6 is 0 Å². The second kappa shape index (κ2) is 5.60. The van der Waals surface area contributed by atoms with E-state index in [1.165, 1.54) is 0 Å². The third kappa shape index (κ3) is 3.15. The largest absolute Gasteiger partial charge is 0.481 e. The van der Waals surface area contributed by atoms with Crippen LogP contribution in [0.15, 0.2) is 18.2 Å². The number of fused-ring (bicyclic) bond motifs is 1. The minimum atomic E-state index is -0.973. The number of carboxylic acids is 1. The Balaban J connectivity index is 2.21. The summed E-state index contributed by atoms with van der Waals surface area (Å²) >= 11 is 0. The molecule has 1 atom stereocenters. The Morgan fingerprint density at radius 2 is 2.11 bits per heavy atom. The van der Waals surface area contributed by atoms with Gasteiger partial charge in [0.25, 0.3) is 0 Å². The molecule has 0 aliphatic carbocycles. The van der Waals surface area contributed by atoms with Gasteiger partial charge in [-0.05, 0) is 17.7 Å². The Kier molecular flexibility index (Phi) is 3.89. The summed E-state index contributed by atoms with van der Waals surface area (Å²) in [6.07, 6.45) is 0.131. The fourth-order valence-electron chi connectivity index (χ4n) is 1.85. The van der Waals surface area contributed by atoms with Gasteiger partial charge in [-0.25, -0.2) is 0 Å². The molecule has 0 radical (unpaired) electrons. The minimum Gasteiger partial charge on any atom is -0.481 e. The minimum absolute atomic E-state index is 0.156. The standard InChI is InChI=1S/C13H15NO5/c1-2-12(15)14-9(6-13(16)17)8-3-4-10-11(5-8)19-7-18-10/h3-5,9H,2,6-7H2,1H3,(H,14,15)(H,16,17)/t9-/m0/s1. The molecule has 1 aromatic carbocycles. The van der Waals surface area contributed by atoms with E-state index >= 15 is 0 Å². The maximum Gasteiger partial charge on any atom is 0.305 e. The van der Waals surface area contributed by atoms with Crippen molar-refractivity contribution in [3.05, 3.63) is 23.8 Å². The summed E-state index contributed by atoms with van der Waals surface area (Å²) in [5.74, 6) is 0.0290. The van der Waals surface area contributed by atoms with Gasteiger partial charge in [0.2, 0.25) is 12.7 Å². The van der Waals surface area contributed by atoms with E-state index in [2.05, 4.69) is 5.32 Å². The van der Waals surface area contributed by atoms with Gasteiger partial charge in [0.1, 0.15) is 0 Å². The average molecular weight is 265 g/mol. The lowest BCUT2D eigenvalue weighted by Gasteiger charge is -2.17. The predicted molar refractivity (Wildman–Crippen MR) is 66.0 cm³/mol. The van der Waals surface area contributed by atoms with Gasteiger partial charge in [-0.15, -0.1) is 0 Å². The van der Waals surface area contributed by atoms with E-state index in [9.17, 15) is 9.59 Å². The molecule has 0 aromatic heterocycles. The maximum atomic E-state index is 11.5. The van der Waals surface area contributed by atoms with Crippen LogP contribution in [-0.4, -0.2) is 23.8 Å². The summed E-state index contributed by atoms with van der Waals surface area (Å²) in [5.41, 5.74) is 0.688. The molecule has 1 heterocycles. The molecule has 1 amide bonds. The Morgan fingerprint density at radius 3 is 2.79 bits per heavy atom. The van der Waals surface area contributed by atoms with Crippen LogP contribution in [0.2, 0.25) is 0 Å². The highest BCUT2D eigenvalue weighted by molar-refractivity contribution is 5.77. The highest BCUT2D eigenvalue weighted by Crippen LogP contribution is 2.34. The number of carboxylic acid groups (broad SMARTS) is 1. The van der Waals surface area contributed by atoms with Crippen LogP contribution in [0.25, 0.3) is 0 Å². The van der Waals surface area contributed by atoms with Crippen LogP contribution < -0.4 is 14.8 Å². The first-order valence-electron chi connectivity index (χ1n) is 6.01. The van der Waals surface area contributed by atoms with E-state index in [4.69, 9.17) is 14.6 Å². The molecule has 0 unspecified atom stereocenters. The Hall–Kier alpha value is -2.24. The lowest BCUT2D eigenvalue weighted by atomic mass is 10.0. The predicted octanol–water partition coefficient (Wildman–Crippen LogP) is 1.46. The van der Waals surface area contributed by atoms with Gasteiger partial charge in [-0.3, -0.25) is 9.59 Å². The van der Waals surface area contributed by atoms with Gasteiger partial charge in [0.05, 0.1) is 12.5 Å². The monoisotopic (exact) mass is 265 g/mol. The number of hydrogen-bond acceptors (Lipinski definition) is 4. The third-order valence-electron chi connectivity index (χ3n) is 2.83. The van der Waals surface area contributed by atoms with Crippen LogP contribution in [0.1, 0.15) is 31.4 Å². The number of carbonyl (C=O) groups is 2. The van der Waals surface area contributed by atoms with Crippen molar-refractivity contribution in [2.45, 2.75) is 25.8 Å². The summed E-state index contributed by atoms with van der Waals surface area (Å²) in [6.45, 7) is 1.87. The highest BCUT2D eigenvalue weighted by atomic mass is 16.7. The molecule has 102 valence electrons. The molecular weight excluding hydrogens is 250 g/mol. The normalized spacial score (nSPS) is 13.9. The Bertz CT molecular complexity index is 500. The molecule has 1 aliphatic rings. The molecule has 1 aliphatic heterocycles. The van der Waals surface area contributed by atoms with E-state index in [0.29, 0.717) is 23.5 Å². The van der Waals surface area contributed by atoms with Crippen LogP contribution in [0.3, 0.4) is 0 Å². The summed E-state index contributed by atoms with van der Waals surface area (Å²) in [6, 6.07) is 4.58. The lowest BCUT2D eigenvalue weighted by Crippen LogP contribution is -2.29. The zero-order chi connectivity index (χ0) is 13.8. The fraction of sp³-hybridized carbons (Fsp3) is 0.385. The number of amides is 1. The van der Waals surface area contributed by atoms with Crippen LogP contribution in [-0.2, 0) is 9.59 Å². The molecule has 19 heavy (non-hydrogen) atoms. The molecule has 2 rings (SSSR count). The number of carbonyl (C=O) groups excluding carboxylic acids is 1. The summed E-state index contributed by atoms with van der Waals surface area (Å²) < 4.78 is 10.4. The Labute approximate surface area is 110 Å². The average Bonchev–Trinajstić information content (AvgIpc) is 2.84. The lowest BCUT2D eigenvalue weighted by molar-refractivity contribution is -0.137. The maximum absolute atomic E-state index is 11.5. The number of ether oxygens (including phenoxy) is 2. The number of hydrogen-bond donors (Lipinski definition) is 2. The summed E-state index contributed by atoms with van der Waals surface area (Å²) in [7, 11) is 0. The SMILES string of the molecule is CCC(=O)N[C@@H](CC(=O)O)c1ccc2c(c1)OCO2. The molecular formula is C13H15NO5. The van der Waals surface area contributed by atoms with Crippen molar-refractivity contribution < 1.29 is 24.2 Å². The van der Waals surface area contributed by atoms with Gasteiger partial charge in [-0.2, -0.15) is 0 Å². The summed E-state index contributed by atoms with van der Waals surface area (Å²) in [5, 5.41) is 11.6. The van der Waals surface area contributed by atoms with E-state index < -0.39 is 12.0 Å². The van der Waals surface area contributed by atoms with Crippen molar-refractivity contribution in [1.29, 1.82) is 0 Å². The first kappa shape index (κ1) is 13.2. The van der Waals surface area contributed by atoms with Gasteiger partial charge in [-0.1, -0.05) is 13.0 Å². The molecule has 6 nitrogen and oxygen atoms in total. The molecule has 0 saturated carbocycles. The van der Waals surface area contributed by atoms with Crippen molar-refractivity contribution in [3.8, 4) is 11.5 Å². The van der Waals surface area contributed by atoms with Crippen molar-refractivity contribution in [1.82, 2.24) is 5.32 Å². The zero-order valence-electron chi connectivity index (χ0n) is 10.5. The molecule has 2 N–H and O–H groups in total. The second-order valence-electron chi connectivity index (χ2n) is 4.18. The molecule has 0 fully saturated rings. The van der Waals surface area contributed by atoms with Crippen molar-refractivity contribution >= 4 is 11.9 Å². The van der Waals surface area contributed by atoms with Gasteiger partial charge in [0, 0.05) is 6.42 Å². The first-order chi connectivity index (χ1) is 9.10. The highest BCUT2D eigenvalue weighted by Gasteiger charge is 2.21. The first-order valence-corrected chi connectivity index (χ1v) is 6.01. The fourth-order valence-corrected chi connectivity index (χ4v) is 1.85. The van der Waals surface area contributed by atoms with E-state index in [0.717, 1.165) is 0 Å². The van der Waals surface area contributed by atoms with E-state index in [-0.39, 0.29) is 19.1 Å². The third-order valence-corrected chi connectivity index (χ3v) is 2.83. The topological polar surface area (TPSA) is 84.9 Å². The number of rotatable bonds is 5. The quantitative estimate of drug-likeness (QED) is 0.841. The van der Waals surface area contributed by atoms with Gasteiger partial charge in [0.15, 0.2) is 11.5 Å². The van der Waals surface area contributed by atoms with Crippen molar-refractivity contribution in [2.24, 2.45) is 0 Å². The molecule has 6 heteroatoms. The van der Waals surface area contributed by atoms with Crippen LogP contribution in [0, 0.1) is 0 Å². The zero-order valence-corrected chi connectivity index (χ0v) is 10.5.